The Kier molecular flexibility index (Phi) is 3.87. The summed E-state index contributed by atoms with van der Waals surface area (Å²) in [6, 6.07) is 0.248. The Morgan fingerprint density at radius 3 is 2.17 bits per heavy atom. The molecule has 0 bridgehead atoms. The van der Waals surface area contributed by atoms with Crippen LogP contribution in [0.4, 0.5) is 0 Å². The minimum absolute atomic E-state index is 0.168. The summed E-state index contributed by atoms with van der Waals surface area (Å²) >= 11 is 0. The summed E-state index contributed by atoms with van der Waals surface area (Å²) in [6.07, 6.45) is 1.91. The first-order chi connectivity index (χ1) is 5.41. The summed E-state index contributed by atoms with van der Waals surface area (Å²) in [7, 11) is 1.85. The van der Waals surface area contributed by atoms with Gasteiger partial charge in [-0.3, -0.25) is 0 Å². The van der Waals surface area contributed by atoms with Gasteiger partial charge in [-0.05, 0) is 5.41 Å². The Balaban J connectivity index is 4.19. The van der Waals surface area contributed by atoms with Crippen molar-refractivity contribution in [1.82, 2.24) is 10.6 Å². The van der Waals surface area contributed by atoms with E-state index >= 15 is 0 Å². The third-order valence-corrected chi connectivity index (χ3v) is 1.80. The molecule has 0 saturated heterocycles. The van der Waals surface area contributed by atoms with Gasteiger partial charge < -0.3 is 10.6 Å². The molecule has 0 amide bonds. The van der Waals surface area contributed by atoms with E-state index in [0.717, 1.165) is 5.82 Å². The third-order valence-electron chi connectivity index (χ3n) is 1.80. The summed E-state index contributed by atoms with van der Waals surface area (Å²) in [5, 5.41) is 6.18. The molecule has 2 heteroatoms. The molecular weight excluding hydrogens is 148 g/mol. The molecule has 2 N–H and O–H groups in total. The Morgan fingerprint density at radius 2 is 1.92 bits per heavy atom. The van der Waals surface area contributed by atoms with Gasteiger partial charge in [-0.15, -0.1) is 6.58 Å². The average Bonchev–Trinajstić information content (AvgIpc) is 1.97. The molecule has 0 aliphatic carbocycles. The van der Waals surface area contributed by atoms with Crippen molar-refractivity contribution in [3.8, 4) is 0 Å². The van der Waals surface area contributed by atoms with Crippen molar-refractivity contribution in [1.29, 1.82) is 0 Å². The van der Waals surface area contributed by atoms with Gasteiger partial charge in [0.1, 0.15) is 0 Å². The predicted molar refractivity (Wildman–Crippen MR) is 54.8 cm³/mol. The van der Waals surface area contributed by atoms with E-state index in [4.69, 9.17) is 0 Å². The molecule has 0 aliphatic heterocycles. The molecule has 2 nitrogen and oxygen atoms in total. The van der Waals surface area contributed by atoms with Crippen LogP contribution in [-0.2, 0) is 0 Å². The van der Waals surface area contributed by atoms with Gasteiger partial charge in [0, 0.05) is 7.05 Å². The van der Waals surface area contributed by atoms with Crippen LogP contribution in [0.3, 0.4) is 0 Å². The first-order valence-corrected chi connectivity index (χ1v) is 4.17. The molecule has 0 aromatic heterocycles. The van der Waals surface area contributed by atoms with Crippen LogP contribution >= 0.6 is 0 Å². The van der Waals surface area contributed by atoms with Crippen LogP contribution in [0, 0.1) is 5.41 Å². The molecule has 12 heavy (non-hydrogen) atoms. The molecule has 70 valence electrons. The van der Waals surface area contributed by atoms with Gasteiger partial charge in [0.2, 0.25) is 0 Å². The van der Waals surface area contributed by atoms with E-state index < -0.39 is 0 Å². The van der Waals surface area contributed by atoms with E-state index in [0.29, 0.717) is 0 Å². The SMILES string of the molecule is C=CC(NC(=C)NC)C(C)(C)C. The van der Waals surface area contributed by atoms with Crippen LogP contribution in [-0.4, -0.2) is 13.1 Å². The minimum Gasteiger partial charge on any atom is -0.375 e. The van der Waals surface area contributed by atoms with E-state index in [2.05, 4.69) is 44.6 Å². The van der Waals surface area contributed by atoms with Crippen molar-refractivity contribution in [2.45, 2.75) is 26.8 Å². The highest BCUT2D eigenvalue weighted by molar-refractivity contribution is 5.01. The van der Waals surface area contributed by atoms with Crippen molar-refractivity contribution in [2.24, 2.45) is 5.41 Å². The Labute approximate surface area is 75.7 Å². The van der Waals surface area contributed by atoms with Gasteiger partial charge in [0.05, 0.1) is 11.9 Å². The fourth-order valence-electron chi connectivity index (χ4n) is 0.889. The highest BCUT2D eigenvalue weighted by atomic mass is 15.1. The van der Waals surface area contributed by atoms with Gasteiger partial charge >= 0.3 is 0 Å². The first-order valence-electron chi connectivity index (χ1n) is 4.17. The van der Waals surface area contributed by atoms with Crippen LogP contribution in [0.25, 0.3) is 0 Å². The zero-order valence-electron chi connectivity index (χ0n) is 8.57. The second kappa shape index (κ2) is 4.19. The molecule has 0 radical (unpaired) electrons. The lowest BCUT2D eigenvalue weighted by atomic mass is 9.87. The van der Waals surface area contributed by atoms with E-state index in [-0.39, 0.29) is 11.5 Å². The fraction of sp³-hybridized carbons (Fsp3) is 0.600. The van der Waals surface area contributed by atoms with Crippen LogP contribution in [0.2, 0.25) is 0 Å². The van der Waals surface area contributed by atoms with Gasteiger partial charge in [-0.1, -0.05) is 33.4 Å². The summed E-state index contributed by atoms with van der Waals surface area (Å²) in [4.78, 5) is 0. The molecule has 0 aliphatic rings. The Hall–Kier alpha value is -0.920. The predicted octanol–water partition coefficient (Wildman–Crippen LogP) is 1.87. The second-order valence-electron chi connectivity index (χ2n) is 3.95. The normalized spacial score (nSPS) is 13.3. The lowest BCUT2D eigenvalue weighted by molar-refractivity contribution is 0.327. The highest BCUT2D eigenvalue weighted by Gasteiger charge is 2.21. The number of hydrogen-bond donors (Lipinski definition) is 2. The minimum atomic E-state index is 0.168. The average molecular weight is 168 g/mol. The van der Waals surface area contributed by atoms with Crippen molar-refractivity contribution in [3.05, 3.63) is 25.1 Å². The molecule has 0 aromatic carbocycles. The molecule has 0 fully saturated rings. The maximum Gasteiger partial charge on any atom is 0.0914 e. The highest BCUT2D eigenvalue weighted by Crippen LogP contribution is 2.20. The van der Waals surface area contributed by atoms with E-state index in [1.807, 2.05) is 13.1 Å². The summed E-state index contributed by atoms with van der Waals surface area (Å²) < 4.78 is 0. The zero-order chi connectivity index (χ0) is 9.78. The molecule has 0 saturated carbocycles. The lowest BCUT2D eigenvalue weighted by Gasteiger charge is -2.30. The van der Waals surface area contributed by atoms with E-state index in [1.165, 1.54) is 0 Å². The molecule has 0 heterocycles. The monoisotopic (exact) mass is 168 g/mol. The second-order valence-corrected chi connectivity index (χ2v) is 3.95. The molecule has 0 spiro atoms. The molecule has 1 atom stereocenters. The quantitative estimate of drug-likeness (QED) is 0.626. The summed E-state index contributed by atoms with van der Waals surface area (Å²) in [6.45, 7) is 14.1. The van der Waals surface area contributed by atoms with Gasteiger partial charge in [0.25, 0.3) is 0 Å². The lowest BCUT2D eigenvalue weighted by Crippen LogP contribution is -2.40. The first kappa shape index (κ1) is 11.1. The smallest absolute Gasteiger partial charge is 0.0914 e. The summed E-state index contributed by atoms with van der Waals surface area (Å²) in [5.74, 6) is 0.829. The van der Waals surface area contributed by atoms with Crippen molar-refractivity contribution >= 4 is 0 Å². The number of rotatable bonds is 4. The summed E-state index contributed by atoms with van der Waals surface area (Å²) in [5.41, 5.74) is 0.168. The van der Waals surface area contributed by atoms with E-state index in [9.17, 15) is 0 Å². The fourth-order valence-corrected chi connectivity index (χ4v) is 0.889. The van der Waals surface area contributed by atoms with Crippen molar-refractivity contribution in [2.75, 3.05) is 7.05 Å². The third kappa shape index (κ3) is 3.46. The van der Waals surface area contributed by atoms with Crippen LogP contribution in [0.15, 0.2) is 25.1 Å². The molecule has 1 unspecified atom stereocenters. The molecule has 0 rings (SSSR count). The maximum absolute atomic E-state index is 3.80. The van der Waals surface area contributed by atoms with Crippen molar-refractivity contribution in [3.63, 3.8) is 0 Å². The zero-order valence-corrected chi connectivity index (χ0v) is 8.57. The molecular formula is C10H20N2. The largest absolute Gasteiger partial charge is 0.375 e. The number of hydrogen-bond acceptors (Lipinski definition) is 2. The van der Waals surface area contributed by atoms with Crippen LogP contribution < -0.4 is 10.6 Å². The van der Waals surface area contributed by atoms with Gasteiger partial charge in [0.15, 0.2) is 0 Å². The van der Waals surface area contributed by atoms with Crippen LogP contribution in [0.1, 0.15) is 20.8 Å². The standard InChI is InChI=1S/C10H20N2/c1-7-9(10(3,4)5)12-8(2)11-6/h7,9,11-12H,1-2H2,3-6H3. The van der Waals surface area contributed by atoms with E-state index in [1.54, 1.807) is 0 Å². The maximum atomic E-state index is 3.80. The van der Waals surface area contributed by atoms with Crippen molar-refractivity contribution < 1.29 is 0 Å². The Bertz CT molecular complexity index is 165. The number of nitrogens with one attached hydrogen (secondary N) is 2. The molecule has 0 aromatic rings. The topological polar surface area (TPSA) is 24.1 Å². The van der Waals surface area contributed by atoms with Gasteiger partial charge in [-0.25, -0.2) is 0 Å². The Morgan fingerprint density at radius 1 is 1.42 bits per heavy atom. The van der Waals surface area contributed by atoms with Crippen LogP contribution in [0.5, 0.6) is 0 Å². The van der Waals surface area contributed by atoms with Gasteiger partial charge in [-0.2, -0.15) is 0 Å².